The third-order valence-corrected chi connectivity index (χ3v) is 9.43. The van der Waals surface area contributed by atoms with E-state index >= 15 is 0 Å². The molecule has 4 aromatic rings. The normalized spacial score (nSPS) is 12.7. The Labute approximate surface area is 298 Å². The van der Waals surface area contributed by atoms with Crippen molar-refractivity contribution in [3.63, 3.8) is 0 Å². The quantitative estimate of drug-likeness (QED) is 0.115. The van der Waals surface area contributed by atoms with Crippen LogP contribution in [-0.4, -0.2) is 71.6 Å². The Kier molecular flexibility index (Phi) is 13.8. The van der Waals surface area contributed by atoms with E-state index in [1.165, 1.54) is 35.3 Å². The fourth-order valence-corrected chi connectivity index (χ4v) is 6.72. The summed E-state index contributed by atoms with van der Waals surface area (Å²) in [5.74, 6) is -2.75. The van der Waals surface area contributed by atoms with Crippen molar-refractivity contribution in [1.82, 2.24) is 25.1 Å². The van der Waals surface area contributed by atoms with Gasteiger partial charge in [0.05, 0.1) is 24.2 Å². The van der Waals surface area contributed by atoms with Crippen molar-refractivity contribution in [3.05, 3.63) is 113 Å². The van der Waals surface area contributed by atoms with Crippen LogP contribution in [0.1, 0.15) is 71.0 Å². The number of hydrogen-bond acceptors (Lipinski definition) is 7. The maximum Gasteiger partial charge on any atom is 0.280 e. The summed E-state index contributed by atoms with van der Waals surface area (Å²) in [5, 5.41) is 17.0. The molecule has 0 spiro atoms. The van der Waals surface area contributed by atoms with Gasteiger partial charge in [-0.3, -0.25) is 14.3 Å². The van der Waals surface area contributed by atoms with Crippen LogP contribution < -0.4 is 15.4 Å². The average Bonchev–Trinajstić information content (AvgIpc) is 3.54. The van der Waals surface area contributed by atoms with Crippen LogP contribution in [0.25, 0.3) is 0 Å². The molecule has 11 nitrogen and oxygen atoms in total. The minimum atomic E-state index is -4.20. The number of nitrogens with zero attached hydrogens (tertiary/aromatic N) is 3. The molecule has 3 aromatic carbocycles. The van der Waals surface area contributed by atoms with Gasteiger partial charge in [-0.1, -0.05) is 45.0 Å². The standard InChI is InChI=1S/C37H46F2N6O5S/c1-5-11-45(12-6-2)37(48)29-17-28(18-32(19-29)43-51(49,50)35-23-44(4)24-41-35)36(47)42-33(16-27-14-30(38)20-31(39)15-27)34(46)22-40-21-26-10-8-9-25(7-3)13-26/h8-10,13-15,17-20,23-24,33-34,40,43,46H,5-7,11-12,16,21-22H2,1-4H3,(H,42,47)/t33-,34+/m0/s1. The van der Waals surface area contributed by atoms with Gasteiger partial charge in [-0.05, 0) is 72.7 Å². The van der Waals surface area contributed by atoms with E-state index < -0.39 is 45.6 Å². The smallest absolute Gasteiger partial charge is 0.280 e. The van der Waals surface area contributed by atoms with Crippen LogP contribution in [0, 0.1) is 11.6 Å². The van der Waals surface area contributed by atoms with Crippen molar-refractivity contribution in [2.75, 3.05) is 24.4 Å². The lowest BCUT2D eigenvalue weighted by Gasteiger charge is -2.26. The summed E-state index contributed by atoms with van der Waals surface area (Å²) in [4.78, 5) is 33.1. The monoisotopic (exact) mass is 724 g/mol. The van der Waals surface area contributed by atoms with Crippen molar-refractivity contribution >= 4 is 27.5 Å². The van der Waals surface area contributed by atoms with E-state index in [2.05, 4.69) is 27.3 Å². The van der Waals surface area contributed by atoms with Crippen molar-refractivity contribution in [2.24, 2.45) is 7.05 Å². The number of carbonyl (C=O) groups is 2. The lowest BCUT2D eigenvalue weighted by atomic mass is 9.99. The predicted molar refractivity (Wildman–Crippen MR) is 192 cm³/mol. The van der Waals surface area contributed by atoms with Gasteiger partial charge in [0.1, 0.15) is 11.6 Å². The van der Waals surface area contributed by atoms with E-state index in [0.29, 0.717) is 32.5 Å². The van der Waals surface area contributed by atoms with Crippen molar-refractivity contribution in [1.29, 1.82) is 0 Å². The van der Waals surface area contributed by atoms with Gasteiger partial charge in [0.15, 0.2) is 5.03 Å². The number of aliphatic hydroxyl groups is 1. The van der Waals surface area contributed by atoms with Gasteiger partial charge >= 0.3 is 0 Å². The Morgan fingerprint density at radius 1 is 0.922 bits per heavy atom. The molecule has 0 aliphatic carbocycles. The molecule has 2 atom stereocenters. The van der Waals surface area contributed by atoms with Crippen LogP contribution in [0.4, 0.5) is 14.5 Å². The summed E-state index contributed by atoms with van der Waals surface area (Å²) in [6, 6.07) is 13.9. The van der Waals surface area contributed by atoms with E-state index in [4.69, 9.17) is 0 Å². The highest BCUT2D eigenvalue weighted by molar-refractivity contribution is 7.92. The van der Waals surface area contributed by atoms with E-state index in [1.54, 1.807) is 11.9 Å². The summed E-state index contributed by atoms with van der Waals surface area (Å²) < 4.78 is 58.6. The first-order chi connectivity index (χ1) is 24.3. The molecule has 1 heterocycles. The van der Waals surface area contributed by atoms with Gasteiger partial charge in [0.25, 0.3) is 21.8 Å². The van der Waals surface area contributed by atoms with Crippen LogP contribution in [0.5, 0.6) is 0 Å². The van der Waals surface area contributed by atoms with Crippen molar-refractivity contribution < 1.29 is 31.9 Å². The largest absolute Gasteiger partial charge is 0.390 e. The molecule has 14 heteroatoms. The fourth-order valence-electron chi connectivity index (χ4n) is 5.70. The lowest BCUT2D eigenvalue weighted by molar-refractivity contribution is 0.0755. The maximum absolute atomic E-state index is 14.2. The molecular weight excluding hydrogens is 679 g/mol. The number of aryl methyl sites for hydroxylation is 2. The third-order valence-electron chi connectivity index (χ3n) is 8.17. The van der Waals surface area contributed by atoms with E-state index in [-0.39, 0.29) is 40.4 Å². The Morgan fingerprint density at radius 3 is 2.22 bits per heavy atom. The van der Waals surface area contributed by atoms with Gasteiger partial charge in [0.2, 0.25) is 0 Å². The number of aromatic nitrogens is 2. The summed E-state index contributed by atoms with van der Waals surface area (Å²) in [6.07, 6.45) is 3.52. The highest BCUT2D eigenvalue weighted by Gasteiger charge is 2.26. The molecule has 2 amide bonds. The first-order valence-corrected chi connectivity index (χ1v) is 18.5. The Balaban J connectivity index is 1.65. The zero-order valence-electron chi connectivity index (χ0n) is 29.3. The van der Waals surface area contributed by atoms with Gasteiger partial charge in [-0.25, -0.2) is 13.8 Å². The Morgan fingerprint density at radius 2 is 1.59 bits per heavy atom. The second-order valence-corrected chi connectivity index (χ2v) is 14.1. The van der Waals surface area contributed by atoms with Crippen LogP contribution in [0.3, 0.4) is 0 Å². The lowest BCUT2D eigenvalue weighted by Crippen LogP contribution is -2.48. The number of nitrogens with one attached hydrogen (secondary N) is 3. The second kappa shape index (κ2) is 18.0. The molecule has 51 heavy (non-hydrogen) atoms. The molecule has 0 saturated carbocycles. The predicted octanol–water partition coefficient (Wildman–Crippen LogP) is 4.82. The summed E-state index contributed by atoms with van der Waals surface area (Å²) >= 11 is 0. The first-order valence-electron chi connectivity index (χ1n) is 17.0. The number of anilines is 1. The molecule has 0 saturated heterocycles. The number of aliphatic hydroxyl groups excluding tert-OH is 1. The molecule has 0 bridgehead atoms. The summed E-state index contributed by atoms with van der Waals surface area (Å²) in [6.45, 7) is 7.26. The molecule has 4 N–H and O–H groups in total. The average molecular weight is 725 g/mol. The SMILES string of the molecule is CCCN(CCC)C(=O)c1cc(NS(=O)(=O)c2cn(C)cn2)cc(C(=O)N[C@@H](Cc2cc(F)cc(F)c2)[C@H](O)CNCc2cccc(CC)c2)c1. The molecule has 0 aliphatic heterocycles. The molecule has 0 unspecified atom stereocenters. The molecule has 0 fully saturated rings. The molecule has 274 valence electrons. The fraction of sp³-hybridized carbons (Fsp3) is 0.378. The number of imidazole rings is 1. The van der Waals surface area contributed by atoms with Gasteiger partial charge in [-0.2, -0.15) is 8.42 Å². The number of benzene rings is 3. The molecular formula is C37H46F2N6O5S. The number of sulfonamides is 1. The van der Waals surface area contributed by atoms with Crippen molar-refractivity contribution in [2.45, 2.75) is 70.2 Å². The maximum atomic E-state index is 14.2. The third kappa shape index (κ3) is 11.2. The van der Waals surface area contributed by atoms with Gasteiger partial charge < -0.3 is 25.2 Å². The highest BCUT2D eigenvalue weighted by Crippen LogP contribution is 2.22. The minimum Gasteiger partial charge on any atom is -0.390 e. The summed E-state index contributed by atoms with van der Waals surface area (Å²) in [5.41, 5.74) is 2.31. The highest BCUT2D eigenvalue weighted by atomic mass is 32.2. The number of rotatable bonds is 18. The zero-order valence-corrected chi connectivity index (χ0v) is 30.1. The Hall–Kier alpha value is -4.66. The number of hydrogen-bond donors (Lipinski definition) is 4. The molecule has 0 radical (unpaired) electrons. The van der Waals surface area contributed by atoms with E-state index in [0.717, 1.165) is 35.7 Å². The second-order valence-electron chi connectivity index (χ2n) is 12.5. The topological polar surface area (TPSA) is 146 Å². The van der Waals surface area contributed by atoms with Crippen LogP contribution in [-0.2, 0) is 36.5 Å². The van der Waals surface area contributed by atoms with E-state index in [9.17, 15) is 31.9 Å². The first kappa shape index (κ1) is 39.1. The van der Waals surface area contributed by atoms with Gasteiger partial charge in [0, 0.05) is 56.6 Å². The van der Waals surface area contributed by atoms with Gasteiger partial charge in [-0.15, -0.1) is 0 Å². The number of carbonyl (C=O) groups excluding carboxylic acids is 2. The Bertz CT molecular complexity index is 1890. The van der Waals surface area contributed by atoms with Crippen LogP contribution in [0.2, 0.25) is 0 Å². The van der Waals surface area contributed by atoms with Crippen LogP contribution in [0.15, 0.2) is 78.2 Å². The number of halogens is 2. The molecule has 4 rings (SSSR count). The minimum absolute atomic E-state index is 0.0236. The molecule has 1 aromatic heterocycles. The molecule has 0 aliphatic rings. The zero-order chi connectivity index (χ0) is 37.1. The number of amides is 2. The summed E-state index contributed by atoms with van der Waals surface area (Å²) in [7, 11) is -2.58. The van der Waals surface area contributed by atoms with Crippen molar-refractivity contribution in [3.8, 4) is 0 Å². The van der Waals surface area contributed by atoms with Crippen LogP contribution >= 0.6 is 0 Å². The van der Waals surface area contributed by atoms with E-state index in [1.807, 2.05) is 38.1 Å².